The molecule has 12 heteroatoms. The maximum Gasteiger partial charge on any atom is 0.292 e. The van der Waals surface area contributed by atoms with Gasteiger partial charge < -0.3 is 4.98 Å². The average Bonchev–Trinajstić information content (AvgIpc) is 3.21. The predicted molar refractivity (Wildman–Crippen MR) is 122 cm³/mol. The molecule has 2 aromatic carbocycles. The molecule has 0 fully saturated rings. The molecular formula is C19H12Cl4N6O2. The van der Waals surface area contributed by atoms with Crippen LogP contribution in [0.15, 0.2) is 52.9 Å². The van der Waals surface area contributed by atoms with Crippen LogP contribution in [0.2, 0.25) is 20.1 Å². The summed E-state index contributed by atoms with van der Waals surface area (Å²) in [5.41, 5.74) is 5.38. The second-order valence-corrected chi connectivity index (χ2v) is 7.54. The molecule has 0 saturated heterocycles. The smallest absolute Gasteiger partial charge is 0.292 e. The van der Waals surface area contributed by atoms with Gasteiger partial charge in [0.25, 0.3) is 11.8 Å². The van der Waals surface area contributed by atoms with Crippen molar-refractivity contribution in [2.45, 2.75) is 0 Å². The second kappa shape index (κ2) is 10.4. The van der Waals surface area contributed by atoms with Gasteiger partial charge in [-0.25, -0.2) is 15.8 Å². The molecule has 158 valence electrons. The van der Waals surface area contributed by atoms with Crippen molar-refractivity contribution < 1.29 is 9.59 Å². The van der Waals surface area contributed by atoms with Crippen molar-refractivity contribution in [1.82, 2.24) is 20.8 Å². The van der Waals surface area contributed by atoms with Crippen molar-refractivity contribution in [3.63, 3.8) is 0 Å². The SMILES string of the molecule is O=C(N/N=C\c1ccc(Cl)cc1Cl)c1nc[nH]c1C(=O)N/N=C\c1ccc(Cl)cc1Cl. The van der Waals surface area contributed by atoms with Crippen molar-refractivity contribution >= 4 is 70.6 Å². The van der Waals surface area contributed by atoms with Gasteiger partial charge in [-0.3, -0.25) is 9.59 Å². The predicted octanol–water partition coefficient (Wildman–Crippen LogP) is 4.55. The second-order valence-electron chi connectivity index (χ2n) is 5.86. The fourth-order valence-corrected chi connectivity index (χ4v) is 3.20. The first kappa shape index (κ1) is 22.8. The van der Waals surface area contributed by atoms with Gasteiger partial charge in [-0.2, -0.15) is 10.2 Å². The summed E-state index contributed by atoms with van der Waals surface area (Å²) in [6, 6.07) is 9.62. The Morgan fingerprint density at radius 3 is 1.87 bits per heavy atom. The molecule has 31 heavy (non-hydrogen) atoms. The lowest BCUT2D eigenvalue weighted by molar-refractivity contribution is 0.0915. The Kier molecular flexibility index (Phi) is 7.64. The van der Waals surface area contributed by atoms with Gasteiger partial charge >= 0.3 is 0 Å². The summed E-state index contributed by atoms with van der Waals surface area (Å²) < 4.78 is 0. The molecule has 8 nitrogen and oxygen atoms in total. The molecule has 0 aliphatic rings. The van der Waals surface area contributed by atoms with Crippen molar-refractivity contribution in [3.8, 4) is 0 Å². The highest BCUT2D eigenvalue weighted by molar-refractivity contribution is 6.36. The topological polar surface area (TPSA) is 112 Å². The van der Waals surface area contributed by atoms with Crippen molar-refractivity contribution in [2.75, 3.05) is 0 Å². The van der Waals surface area contributed by atoms with Crippen LogP contribution >= 0.6 is 46.4 Å². The molecule has 1 heterocycles. The number of aromatic nitrogens is 2. The largest absolute Gasteiger partial charge is 0.340 e. The van der Waals surface area contributed by atoms with Crippen LogP contribution in [0.25, 0.3) is 0 Å². The molecule has 0 spiro atoms. The van der Waals surface area contributed by atoms with Crippen LogP contribution in [-0.4, -0.2) is 34.2 Å². The minimum atomic E-state index is -0.711. The summed E-state index contributed by atoms with van der Waals surface area (Å²) in [5, 5.41) is 9.31. The molecule has 0 unspecified atom stereocenters. The first-order valence-corrected chi connectivity index (χ1v) is 9.96. The highest BCUT2D eigenvalue weighted by Crippen LogP contribution is 2.20. The van der Waals surface area contributed by atoms with Crippen LogP contribution in [0.1, 0.15) is 32.1 Å². The van der Waals surface area contributed by atoms with E-state index in [1.807, 2.05) is 0 Å². The van der Waals surface area contributed by atoms with E-state index in [0.29, 0.717) is 31.2 Å². The Hall–Kier alpha value is -2.91. The first-order valence-electron chi connectivity index (χ1n) is 8.45. The Balaban J connectivity index is 1.63. The maximum absolute atomic E-state index is 12.3. The van der Waals surface area contributed by atoms with Gasteiger partial charge in [-0.1, -0.05) is 58.5 Å². The number of hydrogen-bond donors (Lipinski definition) is 3. The van der Waals surface area contributed by atoms with Crippen LogP contribution in [0, 0.1) is 0 Å². The van der Waals surface area contributed by atoms with E-state index in [9.17, 15) is 9.59 Å². The van der Waals surface area contributed by atoms with Crippen molar-refractivity contribution in [3.05, 3.63) is 85.3 Å². The van der Waals surface area contributed by atoms with Gasteiger partial charge in [-0.05, 0) is 24.3 Å². The third-order valence-corrected chi connectivity index (χ3v) is 4.87. The van der Waals surface area contributed by atoms with E-state index in [0.717, 1.165) is 0 Å². The lowest BCUT2D eigenvalue weighted by Gasteiger charge is -2.02. The Bertz CT molecular complexity index is 1100. The van der Waals surface area contributed by atoms with Crippen molar-refractivity contribution in [2.24, 2.45) is 10.2 Å². The molecule has 0 radical (unpaired) electrons. The van der Waals surface area contributed by atoms with Crippen LogP contribution in [0.3, 0.4) is 0 Å². The quantitative estimate of drug-likeness (QED) is 0.343. The fourth-order valence-electron chi connectivity index (χ4n) is 2.28. The first-order chi connectivity index (χ1) is 14.8. The number of aromatic amines is 1. The molecule has 3 aromatic rings. The number of carbonyl (C=O) groups is 2. The lowest BCUT2D eigenvalue weighted by atomic mass is 10.2. The summed E-state index contributed by atoms with van der Waals surface area (Å²) in [4.78, 5) is 31.1. The van der Waals surface area contributed by atoms with Crippen molar-refractivity contribution in [1.29, 1.82) is 0 Å². The minimum Gasteiger partial charge on any atom is -0.340 e. The number of benzene rings is 2. The molecule has 0 saturated carbocycles. The summed E-state index contributed by atoms with van der Waals surface area (Å²) in [6.07, 6.45) is 3.87. The number of hydrogen-bond acceptors (Lipinski definition) is 5. The highest BCUT2D eigenvalue weighted by Gasteiger charge is 2.19. The molecule has 3 rings (SSSR count). The summed E-state index contributed by atoms with van der Waals surface area (Å²) in [7, 11) is 0. The van der Waals surface area contributed by atoms with Gasteiger partial charge in [0.2, 0.25) is 0 Å². The third-order valence-electron chi connectivity index (χ3n) is 3.75. The summed E-state index contributed by atoms with van der Waals surface area (Å²) >= 11 is 23.7. The van der Waals surface area contributed by atoms with E-state index < -0.39 is 11.8 Å². The average molecular weight is 498 g/mol. The number of halogens is 4. The van der Waals surface area contributed by atoms with Gasteiger partial charge in [0.1, 0.15) is 5.69 Å². The van der Waals surface area contributed by atoms with Gasteiger partial charge in [0, 0.05) is 21.2 Å². The molecule has 0 bridgehead atoms. The standard InChI is InChI=1S/C19H12Cl4N6O2/c20-12-3-1-10(14(22)5-12)7-26-28-18(30)16-17(25-9-24-16)19(31)29-27-8-11-2-4-13(21)6-15(11)23/h1-9H,(H,24,25)(H,28,30)(H,29,31)/b26-7-,27-8-. The van der Waals surface area contributed by atoms with E-state index in [1.54, 1.807) is 36.4 Å². The van der Waals surface area contributed by atoms with E-state index >= 15 is 0 Å². The number of carbonyl (C=O) groups excluding carboxylic acids is 2. The van der Waals surface area contributed by atoms with Gasteiger partial charge in [0.15, 0.2) is 5.69 Å². The number of nitrogens with one attached hydrogen (secondary N) is 3. The maximum atomic E-state index is 12.3. The zero-order valence-corrected chi connectivity index (χ0v) is 18.4. The van der Waals surface area contributed by atoms with E-state index in [1.165, 1.54) is 18.8 Å². The summed E-state index contributed by atoms with van der Waals surface area (Å²) in [6.45, 7) is 0. The molecule has 0 aliphatic heterocycles. The van der Waals surface area contributed by atoms with Crippen LogP contribution < -0.4 is 10.9 Å². The molecule has 2 amide bonds. The number of rotatable bonds is 6. The Labute approximate surface area is 196 Å². The fraction of sp³-hybridized carbons (Fsp3) is 0. The van der Waals surface area contributed by atoms with Crippen LogP contribution in [0.5, 0.6) is 0 Å². The monoisotopic (exact) mass is 496 g/mol. The van der Waals surface area contributed by atoms with Crippen LogP contribution in [0.4, 0.5) is 0 Å². The van der Waals surface area contributed by atoms with Crippen LogP contribution in [-0.2, 0) is 0 Å². The number of amides is 2. The zero-order valence-electron chi connectivity index (χ0n) is 15.4. The summed E-state index contributed by atoms with van der Waals surface area (Å²) in [5.74, 6) is -1.40. The molecule has 0 aliphatic carbocycles. The number of hydrazone groups is 2. The lowest BCUT2D eigenvalue weighted by Crippen LogP contribution is -2.25. The minimum absolute atomic E-state index is 0.100. The highest BCUT2D eigenvalue weighted by atomic mass is 35.5. The third kappa shape index (κ3) is 6.05. The Morgan fingerprint density at radius 1 is 0.839 bits per heavy atom. The van der Waals surface area contributed by atoms with E-state index in [4.69, 9.17) is 46.4 Å². The van der Waals surface area contributed by atoms with Gasteiger partial charge in [-0.15, -0.1) is 0 Å². The number of H-pyrrole nitrogens is 1. The van der Waals surface area contributed by atoms with Gasteiger partial charge in [0.05, 0.1) is 28.8 Å². The number of nitrogens with zero attached hydrogens (tertiary/aromatic N) is 3. The van der Waals surface area contributed by atoms with E-state index in [2.05, 4.69) is 31.0 Å². The zero-order chi connectivity index (χ0) is 22.4. The van der Waals surface area contributed by atoms with E-state index in [-0.39, 0.29) is 11.4 Å². The molecule has 1 aromatic heterocycles. The molecule has 3 N–H and O–H groups in total. The normalized spacial score (nSPS) is 11.2. The Morgan fingerprint density at radius 2 is 1.35 bits per heavy atom. The molecule has 0 atom stereocenters. The molecular weight excluding hydrogens is 486 g/mol. The number of imidazole rings is 1.